The average Bonchev–Trinajstić information content (AvgIpc) is 2.78. The van der Waals surface area contributed by atoms with Crippen molar-refractivity contribution in [3.05, 3.63) is 34.5 Å². The van der Waals surface area contributed by atoms with Gasteiger partial charge in [-0.05, 0) is 40.9 Å². The van der Waals surface area contributed by atoms with Crippen LogP contribution in [0.2, 0.25) is 0 Å². The van der Waals surface area contributed by atoms with E-state index in [1.54, 1.807) is 0 Å². The van der Waals surface area contributed by atoms with Gasteiger partial charge in [-0.25, -0.2) is 13.8 Å². The van der Waals surface area contributed by atoms with Gasteiger partial charge >= 0.3 is 0 Å². The normalized spacial score (nSPS) is 13.8. The fourth-order valence-corrected chi connectivity index (χ4v) is 3.23. The van der Waals surface area contributed by atoms with Gasteiger partial charge in [0.2, 0.25) is 0 Å². The van der Waals surface area contributed by atoms with Gasteiger partial charge in [-0.3, -0.25) is 5.84 Å². The van der Waals surface area contributed by atoms with Crippen LogP contribution >= 0.6 is 15.9 Å². The highest BCUT2D eigenvalue weighted by molar-refractivity contribution is 9.10. The summed E-state index contributed by atoms with van der Waals surface area (Å²) in [7, 11) is -2.95. The van der Waals surface area contributed by atoms with Crippen LogP contribution in [0.3, 0.4) is 0 Å². The Labute approximate surface area is 126 Å². The molecule has 1 atom stereocenters. The van der Waals surface area contributed by atoms with Crippen LogP contribution in [0.25, 0.3) is 11.0 Å². The fourth-order valence-electron chi connectivity index (χ4n) is 2.08. The van der Waals surface area contributed by atoms with E-state index in [9.17, 15) is 8.42 Å². The van der Waals surface area contributed by atoms with Crippen LogP contribution in [-0.2, 0) is 9.84 Å². The summed E-state index contributed by atoms with van der Waals surface area (Å²) in [5, 5.41) is 0.984. The first-order valence-electron chi connectivity index (χ1n) is 6.22. The number of halogens is 1. The minimum Gasteiger partial charge on any atom is -0.458 e. The first kappa shape index (κ1) is 15.5. The van der Waals surface area contributed by atoms with E-state index in [1.165, 1.54) is 6.26 Å². The molecule has 5 nitrogen and oxygen atoms in total. The molecule has 7 heteroatoms. The Morgan fingerprint density at radius 1 is 1.45 bits per heavy atom. The monoisotopic (exact) mass is 360 g/mol. The first-order valence-corrected chi connectivity index (χ1v) is 9.08. The van der Waals surface area contributed by atoms with Crippen molar-refractivity contribution >= 4 is 36.7 Å². The second-order valence-electron chi connectivity index (χ2n) is 4.80. The zero-order valence-electron chi connectivity index (χ0n) is 11.1. The van der Waals surface area contributed by atoms with Crippen LogP contribution in [0.5, 0.6) is 0 Å². The highest BCUT2D eigenvalue weighted by atomic mass is 79.9. The molecule has 0 fully saturated rings. The molecule has 0 radical (unpaired) electrons. The summed E-state index contributed by atoms with van der Waals surface area (Å²) in [6.07, 6.45) is 2.36. The quantitative estimate of drug-likeness (QED) is 0.610. The Balaban J connectivity index is 2.15. The fraction of sp³-hybridized carbons (Fsp3) is 0.385. The van der Waals surface area contributed by atoms with Gasteiger partial charge in [0.05, 0.1) is 10.5 Å². The van der Waals surface area contributed by atoms with Crippen LogP contribution in [0.4, 0.5) is 0 Å². The van der Waals surface area contributed by atoms with Gasteiger partial charge in [0.15, 0.2) is 0 Å². The van der Waals surface area contributed by atoms with Crippen LogP contribution in [0, 0.1) is 0 Å². The second kappa shape index (κ2) is 6.26. The zero-order valence-corrected chi connectivity index (χ0v) is 13.5. The molecule has 0 amide bonds. The van der Waals surface area contributed by atoms with Crippen LogP contribution in [-0.4, -0.2) is 20.4 Å². The van der Waals surface area contributed by atoms with Gasteiger partial charge < -0.3 is 4.42 Å². The molecule has 2 aromatic rings. The largest absolute Gasteiger partial charge is 0.458 e. The molecule has 110 valence electrons. The highest BCUT2D eigenvalue weighted by Gasteiger charge is 2.16. The smallest absolute Gasteiger partial charge is 0.148 e. The standard InChI is InChI=1S/C13H17BrN2O3S/c1-20(17,18)7-3-6-11(16-15)12-8-9-4-2-5-10(14)13(9)19-12/h2,4-5,8,11,16H,3,6-7,15H2,1H3. The Hall–Kier alpha value is -0.890. The van der Waals surface area contributed by atoms with Gasteiger partial charge in [0, 0.05) is 17.4 Å². The van der Waals surface area contributed by atoms with Gasteiger partial charge in [-0.1, -0.05) is 12.1 Å². The van der Waals surface area contributed by atoms with Crippen LogP contribution in [0.15, 0.2) is 33.2 Å². The number of furan rings is 1. The molecule has 1 aromatic heterocycles. The van der Waals surface area contributed by atoms with E-state index in [4.69, 9.17) is 10.3 Å². The lowest BCUT2D eigenvalue weighted by Gasteiger charge is -2.12. The molecule has 1 unspecified atom stereocenters. The second-order valence-corrected chi connectivity index (χ2v) is 7.91. The number of hydrazine groups is 1. The number of sulfone groups is 1. The van der Waals surface area contributed by atoms with Crippen molar-refractivity contribution in [1.29, 1.82) is 0 Å². The number of fused-ring (bicyclic) bond motifs is 1. The molecule has 1 aromatic carbocycles. The van der Waals surface area contributed by atoms with Crippen molar-refractivity contribution in [2.24, 2.45) is 5.84 Å². The van der Waals surface area contributed by atoms with Crippen LogP contribution in [0.1, 0.15) is 24.6 Å². The Morgan fingerprint density at radius 3 is 2.80 bits per heavy atom. The zero-order chi connectivity index (χ0) is 14.8. The molecule has 0 saturated heterocycles. The number of nitrogens with two attached hydrogens (primary N) is 1. The van der Waals surface area contributed by atoms with Crippen molar-refractivity contribution in [1.82, 2.24) is 5.43 Å². The molecule has 0 saturated carbocycles. The van der Waals surface area contributed by atoms with E-state index in [0.29, 0.717) is 18.6 Å². The third-order valence-electron chi connectivity index (χ3n) is 3.07. The predicted octanol–water partition coefficient (Wildman–Crippen LogP) is 2.52. The average molecular weight is 361 g/mol. The minimum atomic E-state index is -2.95. The number of rotatable bonds is 6. The molecule has 0 spiro atoms. The summed E-state index contributed by atoms with van der Waals surface area (Å²) >= 11 is 3.44. The molecular formula is C13H17BrN2O3S. The van der Waals surface area contributed by atoms with Gasteiger partial charge in [0.1, 0.15) is 21.2 Å². The first-order chi connectivity index (χ1) is 9.40. The van der Waals surface area contributed by atoms with Crippen LogP contribution < -0.4 is 11.3 Å². The number of nitrogens with one attached hydrogen (secondary N) is 1. The maximum Gasteiger partial charge on any atom is 0.148 e. The Bertz CT molecular complexity index is 697. The van der Waals surface area contributed by atoms with Crippen molar-refractivity contribution in [2.45, 2.75) is 18.9 Å². The van der Waals surface area contributed by atoms with E-state index in [0.717, 1.165) is 15.4 Å². The van der Waals surface area contributed by atoms with Crippen molar-refractivity contribution in [3.8, 4) is 0 Å². The molecule has 2 rings (SSSR count). The van der Waals surface area contributed by atoms with Crippen molar-refractivity contribution in [3.63, 3.8) is 0 Å². The molecule has 0 aliphatic heterocycles. The molecule has 0 bridgehead atoms. The molecular weight excluding hydrogens is 344 g/mol. The van der Waals surface area contributed by atoms with Crippen molar-refractivity contribution in [2.75, 3.05) is 12.0 Å². The van der Waals surface area contributed by atoms with Crippen molar-refractivity contribution < 1.29 is 12.8 Å². The van der Waals surface area contributed by atoms with E-state index in [2.05, 4.69) is 21.4 Å². The molecule has 3 N–H and O–H groups in total. The Kier molecular flexibility index (Phi) is 4.85. The lowest BCUT2D eigenvalue weighted by molar-refractivity contribution is 0.413. The SMILES string of the molecule is CS(=O)(=O)CCCC(NN)c1cc2cccc(Br)c2o1. The van der Waals surface area contributed by atoms with Gasteiger partial charge in [0.25, 0.3) is 0 Å². The summed E-state index contributed by atoms with van der Waals surface area (Å²) in [6.45, 7) is 0. The summed E-state index contributed by atoms with van der Waals surface area (Å²) < 4.78 is 29.0. The number of benzene rings is 1. The summed E-state index contributed by atoms with van der Waals surface area (Å²) in [5.74, 6) is 6.40. The predicted molar refractivity (Wildman–Crippen MR) is 82.9 cm³/mol. The molecule has 0 aliphatic rings. The number of hydrogen-bond donors (Lipinski definition) is 2. The molecule has 20 heavy (non-hydrogen) atoms. The van der Waals surface area contributed by atoms with E-state index < -0.39 is 9.84 Å². The Morgan fingerprint density at radius 2 is 2.20 bits per heavy atom. The molecule has 0 aliphatic carbocycles. The van der Waals surface area contributed by atoms with Gasteiger partial charge in [-0.15, -0.1) is 0 Å². The summed E-state index contributed by atoms with van der Waals surface area (Å²) in [5.41, 5.74) is 3.45. The van der Waals surface area contributed by atoms with E-state index >= 15 is 0 Å². The topological polar surface area (TPSA) is 85.3 Å². The van der Waals surface area contributed by atoms with Gasteiger partial charge in [-0.2, -0.15) is 0 Å². The molecule has 1 heterocycles. The highest BCUT2D eigenvalue weighted by Crippen LogP contribution is 2.30. The third kappa shape index (κ3) is 3.82. The lowest BCUT2D eigenvalue weighted by Crippen LogP contribution is -2.28. The van der Waals surface area contributed by atoms with E-state index in [1.807, 2.05) is 24.3 Å². The van der Waals surface area contributed by atoms with E-state index in [-0.39, 0.29) is 11.8 Å². The maximum absolute atomic E-state index is 11.1. The number of hydrogen-bond acceptors (Lipinski definition) is 5. The summed E-state index contributed by atoms with van der Waals surface area (Å²) in [6, 6.07) is 7.52. The maximum atomic E-state index is 11.1. The third-order valence-corrected chi connectivity index (χ3v) is 4.72. The number of para-hydroxylation sites is 1. The summed E-state index contributed by atoms with van der Waals surface area (Å²) in [4.78, 5) is 0. The minimum absolute atomic E-state index is 0.148. The lowest BCUT2D eigenvalue weighted by atomic mass is 10.1.